The van der Waals surface area contributed by atoms with Crippen LogP contribution < -0.4 is 10.0 Å². The summed E-state index contributed by atoms with van der Waals surface area (Å²) in [5, 5.41) is 11.9. The number of nitrogens with zero attached hydrogens (tertiary/aromatic N) is 2. The number of aromatic nitrogens is 2. The maximum absolute atomic E-state index is 12.4. The number of carbonyl (C=O) groups excluding carboxylic acids is 1. The van der Waals surface area contributed by atoms with Gasteiger partial charge >= 0.3 is 0 Å². The van der Waals surface area contributed by atoms with Gasteiger partial charge in [0, 0.05) is 12.0 Å². The molecule has 0 saturated carbocycles. The third-order valence-corrected chi connectivity index (χ3v) is 5.58. The molecule has 0 aliphatic rings. The molecule has 0 atom stereocenters. The SMILES string of the molecule is CNS(=O)(=O)c1ccc(C)c(C(=O)Nc2nnc(CC(C)C)s2)c1. The van der Waals surface area contributed by atoms with Gasteiger partial charge in [0.15, 0.2) is 0 Å². The fourth-order valence-electron chi connectivity index (χ4n) is 2.03. The van der Waals surface area contributed by atoms with Crippen LogP contribution in [0.5, 0.6) is 0 Å². The Bertz CT molecular complexity index is 844. The minimum absolute atomic E-state index is 0.0403. The van der Waals surface area contributed by atoms with Gasteiger partial charge in [0.1, 0.15) is 5.01 Å². The Morgan fingerprint density at radius 3 is 2.62 bits per heavy atom. The summed E-state index contributed by atoms with van der Waals surface area (Å²) < 4.78 is 26.0. The molecule has 0 saturated heterocycles. The molecule has 0 spiro atoms. The lowest BCUT2D eigenvalue weighted by Gasteiger charge is -2.08. The fourth-order valence-corrected chi connectivity index (χ4v) is 3.73. The Kier molecular flexibility index (Phi) is 5.68. The Labute approximate surface area is 145 Å². The van der Waals surface area contributed by atoms with Gasteiger partial charge in [0.25, 0.3) is 5.91 Å². The minimum atomic E-state index is -3.61. The number of hydrogen-bond acceptors (Lipinski definition) is 6. The van der Waals surface area contributed by atoms with Crippen LogP contribution in [-0.4, -0.2) is 31.6 Å². The molecule has 0 aliphatic carbocycles. The normalized spacial score (nSPS) is 11.7. The van der Waals surface area contributed by atoms with Crippen LogP contribution in [0.2, 0.25) is 0 Å². The average Bonchev–Trinajstić information content (AvgIpc) is 2.93. The quantitative estimate of drug-likeness (QED) is 0.814. The average molecular weight is 368 g/mol. The lowest BCUT2D eigenvalue weighted by molar-refractivity contribution is 0.102. The van der Waals surface area contributed by atoms with E-state index in [-0.39, 0.29) is 10.5 Å². The van der Waals surface area contributed by atoms with Crippen LogP contribution in [0.25, 0.3) is 0 Å². The third-order valence-electron chi connectivity index (χ3n) is 3.30. The van der Waals surface area contributed by atoms with Crippen molar-refractivity contribution in [1.29, 1.82) is 0 Å². The summed E-state index contributed by atoms with van der Waals surface area (Å²) in [6.45, 7) is 5.91. The molecular formula is C15H20N4O3S2. The smallest absolute Gasteiger partial charge is 0.257 e. The number of sulfonamides is 1. The molecule has 2 aromatic rings. The molecule has 0 radical (unpaired) electrons. The van der Waals surface area contributed by atoms with E-state index in [9.17, 15) is 13.2 Å². The first kappa shape index (κ1) is 18.5. The lowest BCUT2D eigenvalue weighted by Crippen LogP contribution is -2.20. The van der Waals surface area contributed by atoms with Crippen molar-refractivity contribution >= 4 is 32.4 Å². The number of rotatable bonds is 6. The van der Waals surface area contributed by atoms with Crippen molar-refractivity contribution < 1.29 is 13.2 Å². The lowest BCUT2D eigenvalue weighted by atomic mass is 10.1. The van der Waals surface area contributed by atoms with Gasteiger partial charge < -0.3 is 0 Å². The molecular weight excluding hydrogens is 348 g/mol. The Morgan fingerprint density at radius 2 is 2.00 bits per heavy atom. The predicted octanol–water partition coefficient (Wildman–Crippen LogP) is 2.21. The molecule has 0 unspecified atom stereocenters. The summed E-state index contributed by atoms with van der Waals surface area (Å²) in [5.74, 6) is 0.0417. The van der Waals surface area contributed by atoms with Crippen molar-refractivity contribution in [2.24, 2.45) is 5.92 Å². The second-order valence-corrected chi connectivity index (χ2v) is 8.69. The first-order chi connectivity index (χ1) is 11.2. The summed E-state index contributed by atoms with van der Waals surface area (Å²) in [4.78, 5) is 12.5. The minimum Gasteiger partial charge on any atom is -0.296 e. The Balaban J connectivity index is 2.23. The van der Waals surface area contributed by atoms with E-state index in [2.05, 4.69) is 34.1 Å². The van der Waals surface area contributed by atoms with Crippen molar-refractivity contribution in [3.8, 4) is 0 Å². The molecule has 130 valence electrons. The van der Waals surface area contributed by atoms with Crippen molar-refractivity contribution in [2.75, 3.05) is 12.4 Å². The molecule has 2 rings (SSSR count). The van der Waals surface area contributed by atoms with Crippen LogP contribution in [0, 0.1) is 12.8 Å². The predicted molar refractivity (Wildman–Crippen MR) is 93.8 cm³/mol. The monoisotopic (exact) mass is 368 g/mol. The summed E-state index contributed by atoms with van der Waals surface area (Å²) in [6, 6.07) is 4.42. The van der Waals surface area contributed by atoms with Crippen molar-refractivity contribution in [3.05, 3.63) is 34.3 Å². The standard InChI is InChI=1S/C15H20N4O3S2/c1-9(2)7-13-18-19-15(23-13)17-14(20)12-8-11(6-5-10(12)3)24(21,22)16-4/h5-6,8-9,16H,7H2,1-4H3,(H,17,19,20). The first-order valence-electron chi connectivity index (χ1n) is 7.41. The second-order valence-electron chi connectivity index (χ2n) is 5.74. The first-order valence-corrected chi connectivity index (χ1v) is 9.71. The van der Waals surface area contributed by atoms with Crippen LogP contribution in [0.1, 0.15) is 34.8 Å². The van der Waals surface area contributed by atoms with Gasteiger partial charge in [-0.2, -0.15) is 0 Å². The van der Waals surface area contributed by atoms with E-state index >= 15 is 0 Å². The molecule has 0 bridgehead atoms. The number of carbonyl (C=O) groups is 1. The number of aryl methyl sites for hydroxylation is 1. The van der Waals surface area contributed by atoms with Gasteiger partial charge in [-0.15, -0.1) is 10.2 Å². The zero-order valence-corrected chi connectivity index (χ0v) is 15.6. The molecule has 2 N–H and O–H groups in total. The van der Waals surface area contributed by atoms with Crippen molar-refractivity contribution in [2.45, 2.75) is 32.1 Å². The van der Waals surface area contributed by atoms with Gasteiger partial charge in [-0.3, -0.25) is 10.1 Å². The maximum atomic E-state index is 12.4. The number of hydrogen-bond donors (Lipinski definition) is 2. The zero-order chi connectivity index (χ0) is 17.9. The molecule has 7 nitrogen and oxygen atoms in total. The van der Waals surface area contributed by atoms with Crippen LogP contribution >= 0.6 is 11.3 Å². The number of anilines is 1. The van der Waals surface area contributed by atoms with E-state index in [0.29, 0.717) is 16.6 Å². The van der Waals surface area contributed by atoms with E-state index < -0.39 is 15.9 Å². The Hall–Kier alpha value is -1.84. The highest BCUT2D eigenvalue weighted by Gasteiger charge is 2.18. The fraction of sp³-hybridized carbons (Fsp3) is 0.400. The highest BCUT2D eigenvalue weighted by atomic mass is 32.2. The summed E-state index contributed by atoms with van der Waals surface area (Å²) in [7, 11) is -2.28. The van der Waals surface area contributed by atoms with Gasteiger partial charge in [0.2, 0.25) is 15.2 Å². The van der Waals surface area contributed by atoms with E-state index in [1.807, 2.05) is 0 Å². The number of amides is 1. The molecule has 9 heteroatoms. The van der Waals surface area contributed by atoms with Crippen LogP contribution in [-0.2, 0) is 16.4 Å². The van der Waals surface area contributed by atoms with Gasteiger partial charge in [-0.25, -0.2) is 13.1 Å². The van der Waals surface area contributed by atoms with Crippen LogP contribution in [0.15, 0.2) is 23.1 Å². The number of nitrogens with one attached hydrogen (secondary N) is 2. The van der Waals surface area contributed by atoms with Gasteiger partial charge in [0.05, 0.1) is 4.90 Å². The maximum Gasteiger partial charge on any atom is 0.257 e. The molecule has 1 heterocycles. The molecule has 0 aliphatic heterocycles. The van der Waals surface area contributed by atoms with Crippen molar-refractivity contribution in [1.82, 2.24) is 14.9 Å². The molecule has 1 aromatic carbocycles. The highest BCUT2D eigenvalue weighted by molar-refractivity contribution is 7.89. The molecule has 1 aromatic heterocycles. The third kappa shape index (κ3) is 4.37. The van der Waals surface area contributed by atoms with E-state index in [1.165, 1.54) is 30.5 Å². The summed E-state index contributed by atoms with van der Waals surface area (Å²) in [5.41, 5.74) is 0.960. The zero-order valence-electron chi connectivity index (χ0n) is 14.0. The molecule has 1 amide bonds. The number of benzene rings is 1. The van der Waals surface area contributed by atoms with Crippen molar-refractivity contribution in [3.63, 3.8) is 0 Å². The van der Waals surface area contributed by atoms with E-state index in [4.69, 9.17) is 0 Å². The van der Waals surface area contributed by atoms with Crippen LogP contribution in [0.4, 0.5) is 5.13 Å². The van der Waals surface area contributed by atoms with Gasteiger partial charge in [-0.1, -0.05) is 31.3 Å². The largest absolute Gasteiger partial charge is 0.296 e. The molecule has 0 fully saturated rings. The highest BCUT2D eigenvalue weighted by Crippen LogP contribution is 2.21. The van der Waals surface area contributed by atoms with Gasteiger partial charge in [-0.05, 0) is 37.6 Å². The van der Waals surface area contributed by atoms with E-state index in [0.717, 1.165) is 11.4 Å². The van der Waals surface area contributed by atoms with Crippen LogP contribution in [0.3, 0.4) is 0 Å². The summed E-state index contributed by atoms with van der Waals surface area (Å²) in [6.07, 6.45) is 0.794. The topological polar surface area (TPSA) is 101 Å². The second kappa shape index (κ2) is 7.37. The molecule has 24 heavy (non-hydrogen) atoms. The Morgan fingerprint density at radius 1 is 1.29 bits per heavy atom. The van der Waals surface area contributed by atoms with E-state index in [1.54, 1.807) is 13.0 Å². The summed E-state index contributed by atoms with van der Waals surface area (Å²) >= 11 is 1.32.